The highest BCUT2D eigenvalue weighted by atomic mass is 127. The van der Waals surface area contributed by atoms with Crippen LogP contribution in [-0.2, 0) is 6.42 Å². The van der Waals surface area contributed by atoms with Gasteiger partial charge in [-0.25, -0.2) is 0 Å². The number of nitrogens with zero attached hydrogens (tertiary/aromatic N) is 1. The Labute approximate surface area is 189 Å². The fraction of sp³-hybridized carbons (Fsp3) is 0.333. The second kappa shape index (κ2) is 12.9. The van der Waals surface area contributed by atoms with Gasteiger partial charge in [0.2, 0.25) is 0 Å². The number of carbonyl (C=O) groups is 1. The van der Waals surface area contributed by atoms with E-state index in [4.69, 9.17) is 9.47 Å². The number of carbonyl (C=O) groups excluding carboxylic acids is 1. The van der Waals surface area contributed by atoms with Crippen LogP contribution in [-0.4, -0.2) is 46.2 Å². The summed E-state index contributed by atoms with van der Waals surface area (Å²) in [6.07, 6.45) is 0.762. The second-order valence-corrected chi connectivity index (χ2v) is 5.95. The SMILES string of the molecule is CCOc1ccc(NC(=NC)NCCc2cccc(C(=O)NC)c2)cc1OC.I. The van der Waals surface area contributed by atoms with Crippen molar-refractivity contribution in [3.8, 4) is 11.5 Å². The quantitative estimate of drug-likeness (QED) is 0.287. The first kappa shape index (κ1) is 24.5. The molecule has 0 bridgehead atoms. The summed E-state index contributed by atoms with van der Waals surface area (Å²) < 4.78 is 10.9. The van der Waals surface area contributed by atoms with Crippen LogP contribution in [0.25, 0.3) is 0 Å². The molecule has 8 heteroatoms. The van der Waals surface area contributed by atoms with Crippen molar-refractivity contribution in [3.05, 3.63) is 53.6 Å². The molecule has 0 radical (unpaired) electrons. The Morgan fingerprint density at radius 1 is 1.14 bits per heavy atom. The van der Waals surface area contributed by atoms with Crippen molar-refractivity contribution >= 4 is 41.5 Å². The summed E-state index contributed by atoms with van der Waals surface area (Å²) in [6, 6.07) is 13.2. The fourth-order valence-corrected chi connectivity index (χ4v) is 2.67. The van der Waals surface area contributed by atoms with E-state index in [1.165, 1.54) is 0 Å². The zero-order valence-electron chi connectivity index (χ0n) is 17.2. The Balaban J connectivity index is 0.00000420. The van der Waals surface area contributed by atoms with E-state index in [2.05, 4.69) is 20.9 Å². The molecule has 2 aromatic rings. The lowest BCUT2D eigenvalue weighted by Gasteiger charge is -2.14. The van der Waals surface area contributed by atoms with E-state index >= 15 is 0 Å². The number of methoxy groups -OCH3 is 1. The number of ether oxygens (including phenoxy) is 2. The highest BCUT2D eigenvalue weighted by molar-refractivity contribution is 14.0. The van der Waals surface area contributed by atoms with Crippen LogP contribution in [0.4, 0.5) is 5.69 Å². The number of nitrogens with one attached hydrogen (secondary N) is 3. The number of anilines is 1. The smallest absolute Gasteiger partial charge is 0.251 e. The first-order chi connectivity index (χ1) is 13.6. The van der Waals surface area contributed by atoms with Crippen LogP contribution in [0.2, 0.25) is 0 Å². The number of amides is 1. The Morgan fingerprint density at radius 3 is 2.59 bits per heavy atom. The van der Waals surface area contributed by atoms with E-state index < -0.39 is 0 Å². The number of hydrogen-bond donors (Lipinski definition) is 3. The topological polar surface area (TPSA) is 84.0 Å². The lowest BCUT2D eigenvalue weighted by Crippen LogP contribution is -2.32. The summed E-state index contributed by atoms with van der Waals surface area (Å²) in [7, 11) is 4.96. The molecular formula is C21H29IN4O3. The molecule has 0 saturated carbocycles. The Bertz CT molecular complexity index is 827. The second-order valence-electron chi connectivity index (χ2n) is 5.95. The van der Waals surface area contributed by atoms with Crippen molar-refractivity contribution in [2.24, 2.45) is 4.99 Å². The van der Waals surface area contributed by atoms with Gasteiger partial charge in [0.1, 0.15) is 0 Å². The molecule has 2 rings (SSSR count). The number of benzene rings is 2. The van der Waals surface area contributed by atoms with E-state index in [0.29, 0.717) is 36.2 Å². The van der Waals surface area contributed by atoms with Crippen molar-refractivity contribution in [2.45, 2.75) is 13.3 Å². The Morgan fingerprint density at radius 2 is 1.93 bits per heavy atom. The van der Waals surface area contributed by atoms with E-state index in [1.54, 1.807) is 27.3 Å². The zero-order valence-corrected chi connectivity index (χ0v) is 19.6. The summed E-state index contributed by atoms with van der Waals surface area (Å²) in [6.45, 7) is 3.18. The first-order valence-electron chi connectivity index (χ1n) is 9.20. The minimum Gasteiger partial charge on any atom is -0.493 e. The monoisotopic (exact) mass is 512 g/mol. The average Bonchev–Trinajstić information content (AvgIpc) is 2.73. The van der Waals surface area contributed by atoms with Gasteiger partial charge in [-0.2, -0.15) is 0 Å². The molecule has 0 unspecified atom stereocenters. The molecule has 2 aromatic carbocycles. The average molecular weight is 512 g/mol. The van der Waals surface area contributed by atoms with E-state index in [-0.39, 0.29) is 29.9 Å². The van der Waals surface area contributed by atoms with Gasteiger partial charge in [-0.3, -0.25) is 9.79 Å². The normalized spacial score (nSPS) is 10.6. The molecule has 3 N–H and O–H groups in total. The highest BCUT2D eigenvalue weighted by Crippen LogP contribution is 2.30. The van der Waals surface area contributed by atoms with Crippen LogP contribution < -0.4 is 25.4 Å². The molecular weight excluding hydrogens is 483 g/mol. The molecule has 0 heterocycles. The number of rotatable bonds is 8. The molecule has 0 saturated heterocycles. The van der Waals surface area contributed by atoms with Gasteiger partial charge in [-0.15, -0.1) is 24.0 Å². The number of hydrogen-bond acceptors (Lipinski definition) is 4. The maximum absolute atomic E-state index is 11.7. The zero-order chi connectivity index (χ0) is 20.4. The van der Waals surface area contributed by atoms with Crippen LogP contribution in [0.5, 0.6) is 11.5 Å². The molecule has 1 amide bonds. The summed E-state index contributed by atoms with van der Waals surface area (Å²) in [4.78, 5) is 16.0. The maximum Gasteiger partial charge on any atom is 0.251 e. The van der Waals surface area contributed by atoms with Gasteiger partial charge in [0.05, 0.1) is 13.7 Å². The van der Waals surface area contributed by atoms with Crippen molar-refractivity contribution in [1.82, 2.24) is 10.6 Å². The molecule has 0 fully saturated rings. The lowest BCUT2D eigenvalue weighted by atomic mass is 10.1. The summed E-state index contributed by atoms with van der Waals surface area (Å²) in [5, 5.41) is 9.15. The number of guanidine groups is 1. The van der Waals surface area contributed by atoms with Crippen LogP contribution in [0.15, 0.2) is 47.5 Å². The molecule has 0 aromatic heterocycles. The summed E-state index contributed by atoms with van der Waals surface area (Å²) >= 11 is 0. The molecule has 0 aliphatic carbocycles. The van der Waals surface area contributed by atoms with Gasteiger partial charge < -0.3 is 25.4 Å². The molecule has 7 nitrogen and oxygen atoms in total. The minimum absolute atomic E-state index is 0. The first-order valence-corrected chi connectivity index (χ1v) is 9.20. The highest BCUT2D eigenvalue weighted by Gasteiger charge is 2.07. The molecule has 158 valence electrons. The molecule has 0 aliphatic heterocycles. The van der Waals surface area contributed by atoms with Crippen molar-refractivity contribution in [3.63, 3.8) is 0 Å². The van der Waals surface area contributed by atoms with E-state index in [9.17, 15) is 4.79 Å². The van der Waals surface area contributed by atoms with Crippen LogP contribution >= 0.6 is 24.0 Å². The standard InChI is InChI=1S/C21H28N4O3.HI/c1-5-28-18-10-9-17(14-19(18)27-4)25-21(23-3)24-12-11-15-7-6-8-16(13-15)20(26)22-2;/h6-10,13-14H,5,11-12H2,1-4H3,(H,22,26)(H2,23,24,25);1H. The largest absolute Gasteiger partial charge is 0.493 e. The molecule has 0 aliphatic rings. The molecule has 29 heavy (non-hydrogen) atoms. The van der Waals surface area contributed by atoms with Gasteiger partial charge >= 0.3 is 0 Å². The van der Waals surface area contributed by atoms with E-state index in [0.717, 1.165) is 17.7 Å². The van der Waals surface area contributed by atoms with Crippen molar-refractivity contribution in [1.29, 1.82) is 0 Å². The van der Waals surface area contributed by atoms with Gasteiger partial charge in [-0.1, -0.05) is 12.1 Å². The van der Waals surface area contributed by atoms with Crippen molar-refractivity contribution < 1.29 is 14.3 Å². The van der Waals surface area contributed by atoms with Gasteiger partial charge in [-0.05, 0) is 43.2 Å². The Kier molecular flexibility index (Phi) is 10.9. The molecule has 0 spiro atoms. The minimum atomic E-state index is -0.0864. The summed E-state index contributed by atoms with van der Waals surface area (Å²) in [5.41, 5.74) is 2.57. The fourth-order valence-electron chi connectivity index (χ4n) is 2.67. The third-order valence-corrected chi connectivity index (χ3v) is 4.07. The van der Waals surface area contributed by atoms with Crippen LogP contribution in [0.1, 0.15) is 22.8 Å². The Hall–Kier alpha value is -2.49. The third kappa shape index (κ3) is 7.45. The number of aliphatic imine (C=N–C) groups is 1. The van der Waals surface area contributed by atoms with E-state index in [1.807, 2.05) is 43.3 Å². The maximum atomic E-state index is 11.7. The van der Waals surface area contributed by atoms with Crippen LogP contribution in [0.3, 0.4) is 0 Å². The van der Waals surface area contributed by atoms with Gasteiger partial charge in [0, 0.05) is 38.0 Å². The predicted molar refractivity (Wildman–Crippen MR) is 128 cm³/mol. The third-order valence-electron chi connectivity index (χ3n) is 4.07. The van der Waals surface area contributed by atoms with Gasteiger partial charge in [0.15, 0.2) is 17.5 Å². The van der Waals surface area contributed by atoms with Gasteiger partial charge in [0.25, 0.3) is 5.91 Å². The predicted octanol–water partition coefficient (Wildman–Crippen LogP) is 3.30. The summed E-state index contributed by atoms with van der Waals surface area (Å²) in [5.74, 6) is 1.92. The lowest BCUT2D eigenvalue weighted by molar-refractivity contribution is 0.0963. The van der Waals surface area contributed by atoms with Crippen LogP contribution in [0, 0.1) is 0 Å². The molecule has 0 atom stereocenters. The van der Waals surface area contributed by atoms with Crippen molar-refractivity contribution in [2.75, 3.05) is 39.7 Å². The number of halogens is 1.